The Morgan fingerprint density at radius 1 is 1.21 bits per heavy atom. The first-order chi connectivity index (χ1) is 11.4. The maximum absolute atomic E-state index is 12.4. The summed E-state index contributed by atoms with van der Waals surface area (Å²) in [5.41, 5.74) is 0.594. The number of rotatable bonds is 5. The Morgan fingerprint density at radius 2 is 1.79 bits per heavy atom. The zero-order valence-electron chi connectivity index (χ0n) is 14.1. The van der Waals surface area contributed by atoms with Crippen LogP contribution in [0.15, 0.2) is 24.3 Å². The van der Waals surface area contributed by atoms with E-state index in [1.807, 2.05) is 6.92 Å². The van der Waals surface area contributed by atoms with Gasteiger partial charge in [-0.15, -0.1) is 0 Å². The van der Waals surface area contributed by atoms with Crippen LogP contribution >= 0.6 is 0 Å². The van der Waals surface area contributed by atoms with Crippen LogP contribution in [-0.2, 0) is 10.0 Å². The van der Waals surface area contributed by atoms with E-state index in [9.17, 15) is 13.2 Å². The summed E-state index contributed by atoms with van der Waals surface area (Å²) in [6, 6.07) is 7.14. The van der Waals surface area contributed by atoms with Gasteiger partial charge in [0, 0.05) is 23.7 Å². The molecule has 132 valence electrons. The van der Waals surface area contributed by atoms with Crippen LogP contribution in [0.3, 0.4) is 0 Å². The summed E-state index contributed by atoms with van der Waals surface area (Å²) in [4.78, 5) is 12.4. The van der Waals surface area contributed by atoms with E-state index in [-0.39, 0.29) is 24.0 Å². The molecule has 3 rings (SSSR count). The molecule has 2 atom stereocenters. The SMILES string of the molecule is CCOc1ccc(C(=O)NC2CC3CCC(C2)N3S(C)(=O)=O)cc1. The molecular weight excluding hydrogens is 328 g/mol. The second kappa shape index (κ2) is 6.72. The van der Waals surface area contributed by atoms with Gasteiger partial charge >= 0.3 is 0 Å². The van der Waals surface area contributed by atoms with Gasteiger partial charge in [-0.2, -0.15) is 4.31 Å². The summed E-state index contributed by atoms with van der Waals surface area (Å²) in [5.74, 6) is 0.629. The lowest BCUT2D eigenvalue weighted by atomic mass is 9.99. The number of hydrogen-bond acceptors (Lipinski definition) is 4. The number of carbonyl (C=O) groups excluding carboxylic acids is 1. The lowest BCUT2D eigenvalue weighted by molar-refractivity contribution is 0.0909. The fourth-order valence-corrected chi connectivity index (χ4v) is 5.40. The minimum atomic E-state index is -3.17. The Hall–Kier alpha value is -1.60. The molecule has 24 heavy (non-hydrogen) atoms. The van der Waals surface area contributed by atoms with E-state index in [1.165, 1.54) is 6.26 Å². The number of amides is 1. The molecule has 2 fully saturated rings. The molecule has 6 nitrogen and oxygen atoms in total. The van der Waals surface area contributed by atoms with Crippen molar-refractivity contribution in [2.75, 3.05) is 12.9 Å². The van der Waals surface area contributed by atoms with E-state index in [0.717, 1.165) is 18.6 Å². The Labute approximate surface area is 143 Å². The number of fused-ring (bicyclic) bond motifs is 2. The van der Waals surface area contributed by atoms with E-state index < -0.39 is 10.0 Å². The molecule has 2 bridgehead atoms. The zero-order valence-corrected chi connectivity index (χ0v) is 14.9. The predicted octanol–water partition coefficient (Wildman–Crippen LogP) is 1.77. The lowest BCUT2D eigenvalue weighted by Gasteiger charge is -2.37. The number of benzene rings is 1. The van der Waals surface area contributed by atoms with Crippen molar-refractivity contribution < 1.29 is 17.9 Å². The molecule has 2 unspecified atom stereocenters. The number of sulfonamides is 1. The van der Waals surface area contributed by atoms with E-state index >= 15 is 0 Å². The van der Waals surface area contributed by atoms with Gasteiger partial charge in [-0.1, -0.05) is 0 Å². The minimum Gasteiger partial charge on any atom is -0.494 e. The molecule has 1 amide bonds. The molecule has 0 aliphatic carbocycles. The van der Waals surface area contributed by atoms with Gasteiger partial charge in [0.25, 0.3) is 5.91 Å². The number of ether oxygens (including phenoxy) is 1. The van der Waals surface area contributed by atoms with E-state index in [1.54, 1.807) is 28.6 Å². The van der Waals surface area contributed by atoms with Gasteiger partial charge < -0.3 is 10.1 Å². The Bertz CT molecular complexity index is 688. The van der Waals surface area contributed by atoms with Gasteiger partial charge in [0.05, 0.1) is 12.9 Å². The number of nitrogens with one attached hydrogen (secondary N) is 1. The van der Waals surface area contributed by atoms with Crippen molar-refractivity contribution in [3.63, 3.8) is 0 Å². The predicted molar refractivity (Wildman–Crippen MR) is 91.6 cm³/mol. The molecule has 2 aliphatic rings. The molecule has 7 heteroatoms. The quantitative estimate of drug-likeness (QED) is 0.876. The fourth-order valence-electron chi connectivity index (χ4n) is 3.93. The zero-order chi connectivity index (χ0) is 17.3. The molecule has 0 saturated carbocycles. The van der Waals surface area contributed by atoms with Crippen LogP contribution in [-0.4, -0.2) is 49.6 Å². The summed E-state index contributed by atoms with van der Waals surface area (Å²) >= 11 is 0. The molecule has 1 aromatic carbocycles. The highest BCUT2D eigenvalue weighted by Crippen LogP contribution is 2.37. The maximum Gasteiger partial charge on any atom is 0.251 e. The first-order valence-corrected chi connectivity index (χ1v) is 10.3. The van der Waals surface area contributed by atoms with Gasteiger partial charge in [0.1, 0.15) is 5.75 Å². The Morgan fingerprint density at radius 3 is 2.29 bits per heavy atom. The molecule has 2 aliphatic heterocycles. The Kier molecular flexibility index (Phi) is 4.83. The fraction of sp³-hybridized carbons (Fsp3) is 0.588. The number of hydrogen-bond donors (Lipinski definition) is 1. The van der Waals surface area contributed by atoms with Gasteiger partial charge in [0.15, 0.2) is 0 Å². The maximum atomic E-state index is 12.4. The third-order valence-corrected chi connectivity index (χ3v) is 6.17. The normalized spacial score (nSPS) is 27.0. The number of piperidine rings is 1. The summed E-state index contributed by atoms with van der Waals surface area (Å²) < 4.78 is 30.8. The van der Waals surface area contributed by atoms with Gasteiger partial charge in [-0.25, -0.2) is 8.42 Å². The molecular formula is C17H24N2O4S. The third kappa shape index (κ3) is 3.57. The average Bonchev–Trinajstić information content (AvgIpc) is 2.81. The summed E-state index contributed by atoms with van der Waals surface area (Å²) in [5, 5.41) is 3.06. The second-order valence-electron chi connectivity index (χ2n) is 6.58. The number of carbonyl (C=O) groups is 1. The summed E-state index contributed by atoms with van der Waals surface area (Å²) in [6.45, 7) is 2.50. The molecule has 0 aromatic heterocycles. The highest BCUT2D eigenvalue weighted by atomic mass is 32.2. The van der Waals surface area contributed by atoms with Gasteiger partial charge in [-0.05, 0) is 56.9 Å². The van der Waals surface area contributed by atoms with E-state index in [4.69, 9.17) is 4.74 Å². The first kappa shape index (κ1) is 17.2. The van der Waals surface area contributed by atoms with Crippen LogP contribution in [0.5, 0.6) is 5.75 Å². The van der Waals surface area contributed by atoms with Crippen LogP contribution in [0.2, 0.25) is 0 Å². The molecule has 0 spiro atoms. The topological polar surface area (TPSA) is 75.7 Å². The van der Waals surface area contributed by atoms with Crippen molar-refractivity contribution >= 4 is 15.9 Å². The van der Waals surface area contributed by atoms with Crippen LogP contribution in [0.1, 0.15) is 43.0 Å². The highest BCUT2D eigenvalue weighted by Gasteiger charge is 2.45. The summed E-state index contributed by atoms with van der Waals surface area (Å²) in [7, 11) is -3.17. The molecule has 1 aromatic rings. The average molecular weight is 352 g/mol. The van der Waals surface area contributed by atoms with E-state index in [2.05, 4.69) is 5.32 Å². The van der Waals surface area contributed by atoms with Crippen LogP contribution in [0, 0.1) is 0 Å². The van der Waals surface area contributed by atoms with Crippen molar-refractivity contribution in [3.8, 4) is 5.75 Å². The van der Waals surface area contributed by atoms with Crippen LogP contribution in [0.4, 0.5) is 0 Å². The largest absolute Gasteiger partial charge is 0.494 e. The van der Waals surface area contributed by atoms with Crippen LogP contribution < -0.4 is 10.1 Å². The van der Waals surface area contributed by atoms with Crippen molar-refractivity contribution in [3.05, 3.63) is 29.8 Å². The van der Waals surface area contributed by atoms with Crippen LogP contribution in [0.25, 0.3) is 0 Å². The van der Waals surface area contributed by atoms with Crippen molar-refractivity contribution in [1.29, 1.82) is 0 Å². The Balaban J connectivity index is 1.62. The monoisotopic (exact) mass is 352 g/mol. The lowest BCUT2D eigenvalue weighted by Crippen LogP contribution is -2.52. The van der Waals surface area contributed by atoms with E-state index in [0.29, 0.717) is 25.0 Å². The molecule has 0 radical (unpaired) electrons. The van der Waals surface area contributed by atoms with Crippen molar-refractivity contribution in [1.82, 2.24) is 9.62 Å². The second-order valence-corrected chi connectivity index (χ2v) is 8.46. The number of nitrogens with zero attached hydrogens (tertiary/aromatic N) is 1. The van der Waals surface area contributed by atoms with Gasteiger partial charge in [-0.3, -0.25) is 4.79 Å². The third-order valence-electron chi connectivity index (χ3n) is 4.81. The summed E-state index contributed by atoms with van der Waals surface area (Å²) in [6.07, 6.45) is 4.41. The molecule has 2 heterocycles. The minimum absolute atomic E-state index is 0.0179. The molecule has 1 N–H and O–H groups in total. The highest BCUT2D eigenvalue weighted by molar-refractivity contribution is 7.88. The standard InChI is InChI=1S/C17H24N2O4S/c1-3-23-16-8-4-12(5-9-16)17(20)18-13-10-14-6-7-15(11-13)19(14)24(2,21)22/h4-5,8-9,13-15H,3,6-7,10-11H2,1-2H3,(H,18,20). The van der Waals surface area contributed by atoms with Crippen molar-refractivity contribution in [2.24, 2.45) is 0 Å². The smallest absolute Gasteiger partial charge is 0.251 e. The van der Waals surface area contributed by atoms with Crippen molar-refractivity contribution in [2.45, 2.75) is 50.7 Å². The van der Waals surface area contributed by atoms with Gasteiger partial charge in [0.2, 0.25) is 10.0 Å². The molecule has 2 saturated heterocycles. The first-order valence-electron chi connectivity index (χ1n) is 8.40.